The van der Waals surface area contributed by atoms with Crippen LogP contribution >= 0.6 is 0 Å². The van der Waals surface area contributed by atoms with E-state index in [4.69, 9.17) is 16.5 Å². The van der Waals surface area contributed by atoms with Crippen LogP contribution in [0.15, 0.2) is 122 Å². The van der Waals surface area contributed by atoms with Gasteiger partial charge in [0.2, 0.25) is 11.6 Å². The zero-order chi connectivity index (χ0) is 26.7. The number of nitrogens with zero attached hydrogens (tertiary/aromatic N) is 9. The van der Waals surface area contributed by atoms with Gasteiger partial charge in [0, 0.05) is 48.8 Å². The molecule has 0 saturated heterocycles. The minimum absolute atomic E-state index is 0.0622. The molecule has 6 aromatic rings. The minimum atomic E-state index is 0.0622. The summed E-state index contributed by atoms with van der Waals surface area (Å²) in [6.45, 7) is 7.30. The lowest BCUT2D eigenvalue weighted by Gasteiger charge is -2.34. The molecule has 0 aliphatic rings. The van der Waals surface area contributed by atoms with Crippen molar-refractivity contribution in [2.75, 3.05) is 0 Å². The first kappa shape index (κ1) is 23.5. The van der Waals surface area contributed by atoms with Crippen molar-refractivity contribution in [2.24, 2.45) is 0 Å². The first-order valence-corrected chi connectivity index (χ1v) is 12.1. The van der Waals surface area contributed by atoms with Crippen LogP contribution in [-0.2, 0) is 0 Å². The van der Waals surface area contributed by atoms with Gasteiger partial charge in [0.1, 0.15) is 6.07 Å². The van der Waals surface area contributed by atoms with Gasteiger partial charge < -0.3 is 4.85 Å². The van der Waals surface area contributed by atoms with Crippen LogP contribution in [-0.4, -0.2) is 29.5 Å². The van der Waals surface area contributed by atoms with Gasteiger partial charge >= 0.3 is 0 Å². The Morgan fingerprint density at radius 1 is 0.641 bits per heavy atom. The maximum Gasteiger partial charge on any atom is 0.295 e. The van der Waals surface area contributed by atoms with E-state index >= 15 is 0 Å². The molecule has 0 spiro atoms. The molecule has 4 aromatic heterocycles. The number of aromatic nitrogens is 6. The standard InChI is InChI=1S/C30H20N9/c1-32-26-19-21-38(36-26)28-15-9-17-30(34-28)39(24-10-4-2-5-11-24,25-12-6-3-7-13-25)29-16-8-14-27(33-29)37-20-18-23(22-31)35-37/h2-21H/q+1. The quantitative estimate of drug-likeness (QED) is 0.188. The second kappa shape index (κ2) is 9.87. The Bertz CT molecular complexity index is 1700. The fraction of sp³-hybridized carbons (Fsp3) is 0. The van der Waals surface area contributed by atoms with E-state index in [-0.39, 0.29) is 4.48 Å². The van der Waals surface area contributed by atoms with Gasteiger partial charge in [-0.1, -0.05) is 55.1 Å². The Morgan fingerprint density at radius 3 is 1.67 bits per heavy atom. The zero-order valence-corrected chi connectivity index (χ0v) is 20.6. The van der Waals surface area contributed by atoms with Crippen LogP contribution in [0.4, 0.5) is 28.8 Å². The molecular weight excluding hydrogens is 486 g/mol. The average Bonchev–Trinajstić information content (AvgIpc) is 3.70. The lowest BCUT2D eigenvalue weighted by atomic mass is 10.1. The third-order valence-corrected chi connectivity index (χ3v) is 6.28. The normalized spacial score (nSPS) is 11.0. The molecular formula is C30H20N9+. The SMILES string of the molecule is [C-]#[N+]c1ccn(-c2cccc([N+](c3ccccc3)(c3ccccc3)c3cccc(-n4ccc(C#N)n4)n3)n2)n1. The van der Waals surface area contributed by atoms with Gasteiger partial charge in [-0.15, -0.1) is 4.68 Å². The van der Waals surface area contributed by atoms with Crippen LogP contribution in [0.1, 0.15) is 5.69 Å². The molecule has 0 fully saturated rings. The molecule has 0 atom stereocenters. The summed E-state index contributed by atoms with van der Waals surface area (Å²) in [5.41, 5.74) is 2.14. The lowest BCUT2D eigenvalue weighted by molar-refractivity contribution is 0.652. The summed E-state index contributed by atoms with van der Waals surface area (Å²) in [5, 5.41) is 18.0. The van der Waals surface area contributed by atoms with Crippen molar-refractivity contribution < 1.29 is 0 Å². The molecule has 184 valence electrons. The van der Waals surface area contributed by atoms with Gasteiger partial charge in [-0.3, -0.25) is 0 Å². The Labute approximate surface area is 224 Å². The number of hydrogen-bond acceptors (Lipinski definition) is 5. The highest BCUT2D eigenvalue weighted by atomic mass is 15.5. The number of para-hydroxylation sites is 2. The molecule has 9 heteroatoms. The summed E-state index contributed by atoms with van der Waals surface area (Å²) < 4.78 is 3.25. The number of nitriles is 1. The number of pyridine rings is 2. The molecule has 0 bridgehead atoms. The van der Waals surface area contributed by atoms with E-state index in [0.29, 0.717) is 34.8 Å². The molecule has 0 aliphatic carbocycles. The molecule has 4 heterocycles. The van der Waals surface area contributed by atoms with Crippen molar-refractivity contribution in [3.63, 3.8) is 0 Å². The summed E-state index contributed by atoms with van der Waals surface area (Å²) >= 11 is 0. The molecule has 6 rings (SSSR count). The van der Waals surface area contributed by atoms with Gasteiger partial charge in [0.25, 0.3) is 5.82 Å². The highest BCUT2D eigenvalue weighted by Gasteiger charge is 2.42. The van der Waals surface area contributed by atoms with Crippen LogP contribution in [0.3, 0.4) is 0 Å². The third kappa shape index (κ3) is 4.11. The molecule has 0 amide bonds. The van der Waals surface area contributed by atoms with Crippen LogP contribution < -0.4 is 4.48 Å². The molecule has 9 nitrogen and oxygen atoms in total. The van der Waals surface area contributed by atoms with Crippen LogP contribution in [0, 0.1) is 17.9 Å². The molecule has 0 saturated carbocycles. The highest BCUT2D eigenvalue weighted by Crippen LogP contribution is 2.49. The summed E-state index contributed by atoms with van der Waals surface area (Å²) in [6, 6.07) is 36.9. The number of rotatable bonds is 6. The lowest BCUT2D eigenvalue weighted by Crippen LogP contribution is -2.35. The van der Waals surface area contributed by atoms with Gasteiger partial charge in [0.05, 0.1) is 0 Å². The van der Waals surface area contributed by atoms with E-state index in [1.807, 2.05) is 97.1 Å². The fourth-order valence-corrected chi connectivity index (χ4v) is 4.56. The molecule has 0 N–H and O–H groups in total. The maximum absolute atomic E-state index is 9.28. The largest absolute Gasteiger partial charge is 0.359 e. The van der Waals surface area contributed by atoms with Crippen LogP contribution in [0.5, 0.6) is 0 Å². The topological polar surface area (TPSA) is 89.6 Å². The Balaban J connectivity index is 1.65. The molecule has 39 heavy (non-hydrogen) atoms. The van der Waals surface area contributed by atoms with Gasteiger partial charge in [0.15, 0.2) is 28.7 Å². The third-order valence-electron chi connectivity index (χ3n) is 6.28. The minimum Gasteiger partial charge on any atom is -0.359 e. The molecule has 2 aromatic carbocycles. The molecule has 0 radical (unpaired) electrons. The summed E-state index contributed by atoms with van der Waals surface area (Å²) in [7, 11) is 0. The average molecular weight is 507 g/mol. The van der Waals surface area contributed by atoms with E-state index in [0.717, 1.165) is 11.4 Å². The van der Waals surface area contributed by atoms with Crippen LogP contribution in [0.2, 0.25) is 0 Å². The van der Waals surface area contributed by atoms with E-state index in [1.165, 1.54) is 0 Å². The fourth-order valence-electron chi connectivity index (χ4n) is 4.56. The summed E-state index contributed by atoms with van der Waals surface area (Å²) in [4.78, 5) is 13.6. The van der Waals surface area contributed by atoms with Crippen molar-refractivity contribution in [1.82, 2.24) is 34.0 Å². The first-order valence-electron chi connectivity index (χ1n) is 12.1. The zero-order valence-electron chi connectivity index (χ0n) is 20.6. The van der Waals surface area contributed by atoms with E-state index < -0.39 is 0 Å². The maximum atomic E-state index is 9.28. The van der Waals surface area contributed by atoms with Gasteiger partial charge in [-0.25, -0.2) is 4.68 Å². The molecule has 0 unspecified atom stereocenters. The smallest absolute Gasteiger partial charge is 0.295 e. The number of hydrogen-bond donors (Lipinski definition) is 0. The summed E-state index contributed by atoms with van der Waals surface area (Å²) in [5.74, 6) is 2.77. The van der Waals surface area contributed by atoms with E-state index in [9.17, 15) is 5.26 Å². The first-order chi connectivity index (χ1) is 19.2. The predicted molar refractivity (Wildman–Crippen MR) is 147 cm³/mol. The summed E-state index contributed by atoms with van der Waals surface area (Å²) in [6.07, 6.45) is 3.44. The second-order valence-electron chi connectivity index (χ2n) is 8.54. The second-order valence-corrected chi connectivity index (χ2v) is 8.54. The monoisotopic (exact) mass is 506 g/mol. The van der Waals surface area contributed by atoms with Crippen molar-refractivity contribution in [1.29, 1.82) is 5.26 Å². The Morgan fingerprint density at radius 2 is 1.18 bits per heavy atom. The number of quaternary nitrogens is 1. The highest BCUT2D eigenvalue weighted by molar-refractivity contribution is 5.78. The predicted octanol–water partition coefficient (Wildman–Crippen LogP) is 6.57. The Hall–Kier alpha value is -5.90. The van der Waals surface area contributed by atoms with Crippen molar-refractivity contribution in [3.05, 3.63) is 139 Å². The number of benzene rings is 2. The van der Waals surface area contributed by atoms with Crippen molar-refractivity contribution >= 4 is 28.8 Å². The van der Waals surface area contributed by atoms with E-state index in [2.05, 4.69) is 21.1 Å². The van der Waals surface area contributed by atoms with Crippen molar-refractivity contribution in [3.8, 4) is 17.7 Å². The van der Waals surface area contributed by atoms with E-state index in [1.54, 1.807) is 33.9 Å². The van der Waals surface area contributed by atoms with Crippen molar-refractivity contribution in [2.45, 2.75) is 0 Å². The van der Waals surface area contributed by atoms with Gasteiger partial charge in [-0.05, 0) is 29.4 Å². The molecule has 0 aliphatic heterocycles. The van der Waals surface area contributed by atoms with Gasteiger partial charge in [-0.2, -0.15) is 24.8 Å². The Kier molecular flexibility index (Phi) is 5.94. The van der Waals surface area contributed by atoms with Crippen LogP contribution in [0.25, 0.3) is 16.5 Å².